The molecule has 0 aromatic heterocycles. The molecule has 0 aliphatic heterocycles. The van der Waals surface area contributed by atoms with E-state index in [1.165, 1.54) is 6.92 Å². The van der Waals surface area contributed by atoms with E-state index in [4.69, 9.17) is 9.68 Å². The fraction of sp³-hybridized carbons (Fsp3) is 0.833. The second-order valence-electron chi connectivity index (χ2n) is 3.27. The molecule has 0 aliphatic carbocycles. The van der Waals surface area contributed by atoms with Crippen LogP contribution in [-0.2, 0) is 14.3 Å². The van der Waals surface area contributed by atoms with Crippen molar-refractivity contribution in [3.05, 3.63) is 0 Å². The molecule has 5 heteroatoms. The third-order valence-electron chi connectivity index (χ3n) is 0.715. The fourth-order valence-corrected chi connectivity index (χ4v) is 0.568. The van der Waals surface area contributed by atoms with E-state index in [0.717, 1.165) is 0 Å². The molecule has 1 unspecified atom stereocenters. The number of aliphatic hydroxyl groups is 1. The summed E-state index contributed by atoms with van der Waals surface area (Å²) in [4.78, 5) is 15.0. The first-order valence-electron chi connectivity index (χ1n) is 3.40. The molecule has 0 aliphatic rings. The van der Waals surface area contributed by atoms with Gasteiger partial charge in [0.05, 0.1) is 0 Å². The van der Waals surface area contributed by atoms with Crippen LogP contribution < -0.4 is 0 Å². The van der Waals surface area contributed by atoms with Gasteiger partial charge in [0.2, 0.25) is 8.32 Å². The molecule has 0 fully saturated rings. The summed E-state index contributed by atoms with van der Waals surface area (Å²) in [7, 11) is -1.82. The van der Waals surface area contributed by atoms with Crippen molar-refractivity contribution in [3.8, 4) is 0 Å². The van der Waals surface area contributed by atoms with Crippen LogP contribution in [0.15, 0.2) is 0 Å². The number of carbonyl (C=O) groups excluding carboxylic acids is 1. The van der Waals surface area contributed by atoms with Crippen LogP contribution in [0.1, 0.15) is 6.92 Å². The van der Waals surface area contributed by atoms with Crippen LogP contribution in [0.2, 0.25) is 19.6 Å². The minimum absolute atomic E-state index is 0.743. The lowest BCUT2D eigenvalue weighted by Crippen LogP contribution is -2.30. The number of carbonyl (C=O) groups is 1. The normalized spacial score (nSPS) is 14.3. The summed E-state index contributed by atoms with van der Waals surface area (Å²) in [5, 5.41) is 8.68. The van der Waals surface area contributed by atoms with E-state index < -0.39 is 20.4 Å². The molecule has 66 valence electrons. The summed E-state index contributed by atoms with van der Waals surface area (Å²) in [5.74, 6) is -0.743. The summed E-state index contributed by atoms with van der Waals surface area (Å²) in [6, 6.07) is 0. The highest BCUT2D eigenvalue weighted by Crippen LogP contribution is 2.03. The van der Waals surface area contributed by atoms with Gasteiger partial charge in [0.15, 0.2) is 6.10 Å². The van der Waals surface area contributed by atoms with Gasteiger partial charge in [-0.05, 0) is 26.6 Å². The molecule has 0 saturated heterocycles. The van der Waals surface area contributed by atoms with E-state index >= 15 is 0 Å². The molecule has 0 aromatic carbocycles. The molecule has 0 spiro atoms. The van der Waals surface area contributed by atoms with E-state index in [0.29, 0.717) is 0 Å². The summed E-state index contributed by atoms with van der Waals surface area (Å²) in [5.41, 5.74) is 0. The van der Waals surface area contributed by atoms with Crippen molar-refractivity contribution in [2.45, 2.75) is 32.7 Å². The Kier molecular flexibility index (Phi) is 3.71. The van der Waals surface area contributed by atoms with Crippen LogP contribution in [0.5, 0.6) is 0 Å². The second-order valence-corrected chi connectivity index (χ2v) is 7.67. The maximum atomic E-state index is 10.6. The van der Waals surface area contributed by atoms with Crippen LogP contribution >= 0.6 is 0 Å². The molecule has 0 aromatic rings. The van der Waals surface area contributed by atoms with E-state index in [-0.39, 0.29) is 0 Å². The van der Waals surface area contributed by atoms with Gasteiger partial charge in [-0.1, -0.05) is 0 Å². The third-order valence-corrected chi connectivity index (χ3v) is 1.30. The van der Waals surface area contributed by atoms with Crippen LogP contribution in [0.25, 0.3) is 0 Å². The van der Waals surface area contributed by atoms with Gasteiger partial charge in [-0.2, -0.15) is 0 Å². The molecule has 0 bridgehead atoms. The highest BCUT2D eigenvalue weighted by Gasteiger charge is 2.20. The Hall–Kier alpha value is -0.393. The van der Waals surface area contributed by atoms with Gasteiger partial charge in [0.1, 0.15) is 0 Å². The number of hydrogen-bond donors (Lipinski definition) is 1. The van der Waals surface area contributed by atoms with Gasteiger partial charge >= 0.3 is 5.97 Å². The Morgan fingerprint density at radius 3 is 2.18 bits per heavy atom. The van der Waals surface area contributed by atoms with Gasteiger partial charge in [0, 0.05) is 0 Å². The highest BCUT2D eigenvalue weighted by atomic mass is 28.4. The monoisotopic (exact) mass is 178 g/mol. The second kappa shape index (κ2) is 3.84. The predicted molar refractivity (Wildman–Crippen MR) is 42.2 cm³/mol. The largest absolute Gasteiger partial charge is 0.382 e. The molecule has 0 amide bonds. The number of rotatable bonds is 3. The van der Waals surface area contributed by atoms with E-state index in [9.17, 15) is 4.79 Å². The summed E-state index contributed by atoms with van der Waals surface area (Å²) in [6.07, 6.45) is -1.12. The third kappa shape index (κ3) is 6.02. The average Bonchev–Trinajstić information content (AvgIpc) is 1.80. The van der Waals surface area contributed by atoms with Gasteiger partial charge in [-0.15, -0.1) is 0 Å². The van der Waals surface area contributed by atoms with Crippen molar-refractivity contribution in [1.82, 2.24) is 0 Å². The molecule has 4 nitrogen and oxygen atoms in total. The van der Waals surface area contributed by atoms with Crippen molar-refractivity contribution in [3.63, 3.8) is 0 Å². The Labute approximate surface area is 67.2 Å². The van der Waals surface area contributed by atoms with Gasteiger partial charge < -0.3 is 9.99 Å². The van der Waals surface area contributed by atoms with Crippen LogP contribution in [0.4, 0.5) is 0 Å². The zero-order valence-corrected chi connectivity index (χ0v) is 8.25. The molecule has 11 heavy (non-hydrogen) atoms. The SMILES string of the molecule is CC(O)C(=O)OO[Si](C)(C)C. The highest BCUT2D eigenvalue weighted by molar-refractivity contribution is 6.69. The first-order chi connectivity index (χ1) is 4.83. The Morgan fingerprint density at radius 1 is 1.45 bits per heavy atom. The van der Waals surface area contributed by atoms with Crippen LogP contribution in [-0.4, -0.2) is 25.5 Å². The summed E-state index contributed by atoms with van der Waals surface area (Å²) < 4.78 is 4.78. The minimum atomic E-state index is -1.82. The van der Waals surface area contributed by atoms with Crippen molar-refractivity contribution in [2.24, 2.45) is 0 Å². The summed E-state index contributed by atoms with van der Waals surface area (Å²) >= 11 is 0. The molecular weight excluding hydrogens is 164 g/mol. The smallest absolute Gasteiger partial charge is 0.368 e. The van der Waals surface area contributed by atoms with Crippen molar-refractivity contribution >= 4 is 14.3 Å². The van der Waals surface area contributed by atoms with E-state index in [1.54, 1.807) is 0 Å². The van der Waals surface area contributed by atoms with Crippen molar-refractivity contribution in [2.75, 3.05) is 0 Å². The summed E-state index contributed by atoms with van der Waals surface area (Å²) in [6.45, 7) is 6.96. The standard InChI is InChI=1S/C6H14O4Si/c1-5(7)6(8)9-10-11(2,3)4/h5,7H,1-4H3. The predicted octanol–water partition coefficient (Wildman–Crippen LogP) is 0.677. The minimum Gasteiger partial charge on any atom is -0.382 e. The number of aliphatic hydroxyl groups excluding tert-OH is 1. The maximum Gasteiger partial charge on any atom is 0.368 e. The zero-order chi connectivity index (χ0) is 9.07. The van der Waals surface area contributed by atoms with E-state index in [2.05, 4.69) is 4.89 Å². The topological polar surface area (TPSA) is 55.8 Å². The number of hydrogen-bond acceptors (Lipinski definition) is 4. The molecular formula is C6H14O4Si. The van der Waals surface area contributed by atoms with Gasteiger partial charge in [-0.3, -0.25) is 0 Å². The molecule has 0 heterocycles. The lowest BCUT2D eigenvalue weighted by molar-refractivity contribution is -0.227. The van der Waals surface area contributed by atoms with Crippen LogP contribution in [0.3, 0.4) is 0 Å². The zero-order valence-electron chi connectivity index (χ0n) is 7.25. The molecule has 0 radical (unpaired) electrons. The first-order valence-corrected chi connectivity index (χ1v) is 6.81. The molecule has 0 saturated carbocycles. The van der Waals surface area contributed by atoms with E-state index in [1.807, 2.05) is 19.6 Å². The lowest BCUT2D eigenvalue weighted by atomic mass is 10.4. The average molecular weight is 178 g/mol. The van der Waals surface area contributed by atoms with Crippen molar-refractivity contribution in [1.29, 1.82) is 0 Å². The fourth-order valence-electron chi connectivity index (χ4n) is 0.236. The van der Waals surface area contributed by atoms with Gasteiger partial charge in [0.25, 0.3) is 0 Å². The Bertz CT molecular complexity index is 138. The first kappa shape index (κ1) is 10.6. The molecule has 0 rings (SSSR count). The Morgan fingerprint density at radius 2 is 1.91 bits per heavy atom. The maximum absolute atomic E-state index is 10.6. The van der Waals surface area contributed by atoms with Crippen molar-refractivity contribution < 1.29 is 19.4 Å². The van der Waals surface area contributed by atoms with Crippen LogP contribution in [0, 0.1) is 0 Å². The molecule has 1 N–H and O–H groups in total. The Balaban J connectivity index is 3.64. The van der Waals surface area contributed by atoms with Gasteiger partial charge in [-0.25, -0.2) is 9.37 Å². The quantitative estimate of drug-likeness (QED) is 0.392. The molecule has 1 atom stereocenters. The lowest BCUT2D eigenvalue weighted by Gasteiger charge is -2.14.